The molecule has 1 aliphatic heterocycles. The average Bonchev–Trinajstić information content (AvgIpc) is 2.77. The highest BCUT2D eigenvalue weighted by molar-refractivity contribution is 5.92. The van der Waals surface area contributed by atoms with Gasteiger partial charge in [0, 0.05) is 29.2 Å². The third-order valence-electron chi connectivity index (χ3n) is 7.11. The Morgan fingerprint density at radius 3 is 2.24 bits per heavy atom. The summed E-state index contributed by atoms with van der Waals surface area (Å²) < 4.78 is 42.5. The number of anilines is 1. The van der Waals surface area contributed by atoms with E-state index in [9.17, 15) is 13.2 Å². The zero-order valence-electron chi connectivity index (χ0n) is 21.1. The van der Waals surface area contributed by atoms with Gasteiger partial charge in [-0.25, -0.2) is 0 Å². The topological polar surface area (TPSA) is 24.1 Å². The van der Waals surface area contributed by atoms with Gasteiger partial charge in [-0.15, -0.1) is 0 Å². The summed E-state index contributed by atoms with van der Waals surface area (Å²) in [5, 5.41) is 6.83. The molecular formula is C29H41F3N2. The molecule has 1 fully saturated rings. The van der Waals surface area contributed by atoms with E-state index in [0.717, 1.165) is 55.5 Å². The fraction of sp³-hybridized carbons (Fsp3) is 0.586. The Morgan fingerprint density at radius 1 is 0.971 bits per heavy atom. The smallest absolute Gasteiger partial charge is 0.388 e. The minimum Gasteiger partial charge on any atom is -0.388 e. The molecule has 1 heterocycles. The summed E-state index contributed by atoms with van der Waals surface area (Å²) >= 11 is 0. The molecule has 1 aromatic rings. The predicted octanol–water partition coefficient (Wildman–Crippen LogP) is 9.37. The molecule has 0 unspecified atom stereocenters. The maximum atomic E-state index is 14.2. The van der Waals surface area contributed by atoms with Crippen LogP contribution < -0.4 is 10.6 Å². The lowest BCUT2D eigenvalue weighted by molar-refractivity contribution is -0.0689. The Balaban J connectivity index is 1.74. The lowest BCUT2D eigenvalue weighted by Gasteiger charge is -2.30. The first-order valence-corrected chi connectivity index (χ1v) is 13.2. The highest BCUT2D eigenvalue weighted by atomic mass is 19.4. The molecule has 0 spiro atoms. The summed E-state index contributed by atoms with van der Waals surface area (Å²) in [5.41, 5.74) is 4.60. The molecule has 0 saturated heterocycles. The summed E-state index contributed by atoms with van der Waals surface area (Å²) in [7, 11) is 0. The van der Waals surface area contributed by atoms with Gasteiger partial charge in [0.25, 0.3) is 0 Å². The molecule has 0 aromatic heterocycles. The predicted molar refractivity (Wildman–Crippen MR) is 138 cm³/mol. The van der Waals surface area contributed by atoms with Crippen molar-refractivity contribution in [2.24, 2.45) is 0 Å². The first kappa shape index (κ1) is 26.4. The fourth-order valence-electron chi connectivity index (χ4n) is 4.88. The standard InChI is InChI=1S/C29H41F3N2/c1-4-6-7-8-9-10-11-12-19-33-25(5-2)21(3)23-17-14-18-26-28(23)24(29(30,31)32)20-27(34-26)22-15-13-16-22/h14,17-18,20,33-34H,4-13,15-16,19H2,1-3H3/b25-21-. The number of halogens is 3. The SMILES string of the molecule is CCCCCCCCCCN/C(CC)=C(/C)c1cccc2c1C(C(F)(F)F)=CC(=C1CCC1)N2. The fourth-order valence-corrected chi connectivity index (χ4v) is 4.88. The van der Waals surface area contributed by atoms with Gasteiger partial charge in [0.05, 0.1) is 5.57 Å². The molecule has 34 heavy (non-hydrogen) atoms. The van der Waals surface area contributed by atoms with Crippen LogP contribution in [0.1, 0.15) is 109 Å². The first-order chi connectivity index (χ1) is 16.4. The minimum absolute atomic E-state index is 0.274. The van der Waals surface area contributed by atoms with Gasteiger partial charge < -0.3 is 10.6 Å². The second-order valence-corrected chi connectivity index (χ2v) is 9.64. The van der Waals surface area contributed by atoms with Gasteiger partial charge >= 0.3 is 6.18 Å². The summed E-state index contributed by atoms with van der Waals surface area (Å²) in [6.07, 6.45) is 10.6. The van der Waals surface area contributed by atoms with E-state index in [2.05, 4.69) is 24.5 Å². The molecule has 1 aromatic carbocycles. The summed E-state index contributed by atoms with van der Waals surface area (Å²) in [5.74, 6) is 0. The lowest BCUT2D eigenvalue weighted by Crippen LogP contribution is -2.21. The van der Waals surface area contributed by atoms with Gasteiger partial charge in [0.15, 0.2) is 0 Å². The highest BCUT2D eigenvalue weighted by Crippen LogP contribution is 2.46. The molecule has 0 atom stereocenters. The van der Waals surface area contributed by atoms with E-state index in [-0.39, 0.29) is 5.56 Å². The summed E-state index contributed by atoms with van der Waals surface area (Å²) in [6.45, 7) is 7.11. The number of hydrogen-bond acceptors (Lipinski definition) is 2. The van der Waals surface area contributed by atoms with E-state index < -0.39 is 11.7 Å². The van der Waals surface area contributed by atoms with Gasteiger partial charge in [0.1, 0.15) is 0 Å². The molecule has 2 nitrogen and oxygen atoms in total. The Morgan fingerprint density at radius 2 is 1.65 bits per heavy atom. The van der Waals surface area contributed by atoms with Crippen LogP contribution in [-0.4, -0.2) is 12.7 Å². The average molecular weight is 475 g/mol. The number of alkyl halides is 3. The highest BCUT2D eigenvalue weighted by Gasteiger charge is 2.39. The molecule has 2 aliphatic rings. The Hall–Kier alpha value is -2.17. The number of rotatable bonds is 12. The summed E-state index contributed by atoms with van der Waals surface area (Å²) in [4.78, 5) is 0. The van der Waals surface area contributed by atoms with Gasteiger partial charge in [-0.3, -0.25) is 0 Å². The largest absolute Gasteiger partial charge is 0.417 e. The molecule has 0 radical (unpaired) electrons. The lowest BCUT2D eigenvalue weighted by atomic mass is 9.85. The van der Waals surface area contributed by atoms with Crippen LogP contribution in [0, 0.1) is 0 Å². The normalized spacial score (nSPS) is 16.4. The van der Waals surface area contributed by atoms with E-state index in [0.29, 0.717) is 16.9 Å². The molecule has 2 N–H and O–H groups in total. The zero-order valence-corrected chi connectivity index (χ0v) is 21.1. The van der Waals surface area contributed by atoms with E-state index in [1.165, 1.54) is 51.0 Å². The maximum absolute atomic E-state index is 14.2. The Labute approximate surface area is 203 Å². The van der Waals surface area contributed by atoms with Crippen molar-refractivity contribution in [1.29, 1.82) is 0 Å². The third-order valence-corrected chi connectivity index (χ3v) is 7.11. The van der Waals surface area contributed by atoms with Crippen LogP contribution >= 0.6 is 0 Å². The van der Waals surface area contributed by atoms with Gasteiger partial charge in [0.2, 0.25) is 0 Å². The second-order valence-electron chi connectivity index (χ2n) is 9.64. The van der Waals surface area contributed by atoms with Crippen molar-refractivity contribution in [2.75, 3.05) is 11.9 Å². The number of allylic oxidation sites excluding steroid dienone is 5. The van der Waals surface area contributed by atoms with Crippen LogP contribution in [0.2, 0.25) is 0 Å². The second kappa shape index (κ2) is 12.5. The van der Waals surface area contributed by atoms with Gasteiger partial charge in [-0.05, 0) is 67.9 Å². The van der Waals surface area contributed by atoms with Crippen LogP contribution in [0.3, 0.4) is 0 Å². The van der Waals surface area contributed by atoms with Crippen molar-refractivity contribution < 1.29 is 13.2 Å². The van der Waals surface area contributed by atoms with Crippen molar-refractivity contribution in [3.63, 3.8) is 0 Å². The molecule has 5 heteroatoms. The quantitative estimate of drug-likeness (QED) is 0.295. The number of unbranched alkanes of at least 4 members (excludes halogenated alkanes) is 7. The molecule has 0 amide bonds. The van der Waals surface area contributed by atoms with E-state index >= 15 is 0 Å². The monoisotopic (exact) mass is 474 g/mol. The van der Waals surface area contributed by atoms with Crippen molar-refractivity contribution in [1.82, 2.24) is 5.32 Å². The van der Waals surface area contributed by atoms with E-state index in [4.69, 9.17) is 0 Å². The van der Waals surface area contributed by atoms with Crippen LogP contribution in [0.5, 0.6) is 0 Å². The van der Waals surface area contributed by atoms with Crippen LogP contribution in [0.25, 0.3) is 11.1 Å². The molecular weight excluding hydrogens is 433 g/mol. The van der Waals surface area contributed by atoms with Crippen molar-refractivity contribution in [2.45, 2.75) is 104 Å². The van der Waals surface area contributed by atoms with E-state index in [1.54, 1.807) is 6.07 Å². The van der Waals surface area contributed by atoms with Crippen LogP contribution in [0.4, 0.5) is 18.9 Å². The first-order valence-electron chi connectivity index (χ1n) is 13.2. The maximum Gasteiger partial charge on any atom is 0.417 e. The number of nitrogens with one attached hydrogen (secondary N) is 2. The third kappa shape index (κ3) is 6.70. The van der Waals surface area contributed by atoms with Crippen molar-refractivity contribution in [3.05, 3.63) is 52.4 Å². The van der Waals surface area contributed by atoms with Crippen molar-refractivity contribution >= 4 is 16.8 Å². The summed E-state index contributed by atoms with van der Waals surface area (Å²) in [6, 6.07) is 5.45. The van der Waals surface area contributed by atoms with E-state index in [1.807, 2.05) is 19.1 Å². The molecule has 1 aliphatic carbocycles. The number of benzene rings is 1. The van der Waals surface area contributed by atoms with Crippen LogP contribution in [-0.2, 0) is 0 Å². The minimum atomic E-state index is -4.40. The van der Waals surface area contributed by atoms with Crippen molar-refractivity contribution in [3.8, 4) is 0 Å². The molecule has 3 rings (SSSR count). The zero-order chi connectivity index (χ0) is 24.6. The van der Waals surface area contributed by atoms with Gasteiger partial charge in [-0.2, -0.15) is 13.2 Å². The van der Waals surface area contributed by atoms with Crippen LogP contribution in [0.15, 0.2) is 41.2 Å². The van der Waals surface area contributed by atoms with Gasteiger partial charge in [-0.1, -0.05) is 70.9 Å². The molecule has 188 valence electrons. The number of hydrogen-bond donors (Lipinski definition) is 2. The number of fused-ring (bicyclic) bond motifs is 1. The molecule has 1 saturated carbocycles. The Bertz CT molecular complexity index is 916. The Kier molecular flexibility index (Phi) is 9.73. The molecule has 0 bridgehead atoms.